The number of carbonyl (C=O) groups is 4. The molecular weight excluding hydrogens is 676 g/mol. The first-order valence-corrected chi connectivity index (χ1v) is 18.1. The van der Waals surface area contributed by atoms with Crippen LogP contribution in [0.3, 0.4) is 0 Å². The number of benzene rings is 2. The van der Waals surface area contributed by atoms with Crippen molar-refractivity contribution in [2.45, 2.75) is 46.0 Å². The molecule has 3 fully saturated rings. The summed E-state index contributed by atoms with van der Waals surface area (Å²) in [7, 11) is 3.22. The predicted molar refractivity (Wildman–Crippen MR) is 190 cm³/mol. The minimum Gasteiger partial charge on any atom is -0.508 e. The summed E-state index contributed by atoms with van der Waals surface area (Å²) in [5.74, 6) is -3.38. The second-order valence-electron chi connectivity index (χ2n) is 14.1. The number of halogens is 1. The topological polar surface area (TPSA) is 122 Å². The van der Waals surface area contributed by atoms with E-state index >= 15 is 4.79 Å². The third kappa shape index (κ3) is 4.41. The number of imide groups is 2. The molecule has 1 saturated carbocycles. The van der Waals surface area contributed by atoms with Crippen LogP contribution in [-0.4, -0.2) is 57.1 Å². The van der Waals surface area contributed by atoms with E-state index in [0.29, 0.717) is 47.2 Å². The highest BCUT2D eigenvalue weighted by molar-refractivity contribution is 7.22. The molecule has 2 aliphatic carbocycles. The van der Waals surface area contributed by atoms with Crippen molar-refractivity contribution in [3.05, 3.63) is 70.3 Å². The maximum absolute atomic E-state index is 15.0. The number of aromatic hydroxyl groups is 1. The van der Waals surface area contributed by atoms with E-state index in [4.69, 9.17) is 21.4 Å². The van der Waals surface area contributed by atoms with E-state index in [1.807, 2.05) is 45.0 Å². The Morgan fingerprint density at radius 3 is 2.58 bits per heavy atom. The number of allylic oxidation sites excluding steroid dienone is 2. The SMILES string of the molecule is CCCN1C(=O)C2CC=C3C(CC4C(=O)N(c5cc(-c6sc7ccc(Cl)cc7c6C)nn5C)C(=O)C4(C)C3c3ccc(O)cc3OC)C2C1=O. The number of methoxy groups -OCH3 is 1. The number of amides is 4. The summed E-state index contributed by atoms with van der Waals surface area (Å²) in [4.78, 5) is 60.8. The van der Waals surface area contributed by atoms with Gasteiger partial charge in [0.25, 0.3) is 0 Å². The Morgan fingerprint density at radius 2 is 1.84 bits per heavy atom. The maximum Gasteiger partial charge on any atom is 0.242 e. The number of thiophene rings is 1. The summed E-state index contributed by atoms with van der Waals surface area (Å²) in [5.41, 5.74) is 1.89. The summed E-state index contributed by atoms with van der Waals surface area (Å²) in [6.45, 7) is 6.13. The second-order valence-corrected chi connectivity index (χ2v) is 15.6. The van der Waals surface area contributed by atoms with Gasteiger partial charge in [-0.15, -0.1) is 11.3 Å². The van der Waals surface area contributed by atoms with Crippen molar-refractivity contribution in [3.8, 4) is 22.1 Å². The summed E-state index contributed by atoms with van der Waals surface area (Å²) in [6.07, 6.45) is 3.29. The van der Waals surface area contributed by atoms with Gasteiger partial charge in [0, 0.05) is 46.9 Å². The van der Waals surface area contributed by atoms with Gasteiger partial charge in [-0.05, 0) is 74.2 Å². The van der Waals surface area contributed by atoms with Gasteiger partial charge in [-0.1, -0.05) is 36.2 Å². The van der Waals surface area contributed by atoms with Gasteiger partial charge in [0.15, 0.2) is 0 Å². The summed E-state index contributed by atoms with van der Waals surface area (Å²) < 4.78 is 8.39. The number of anilines is 1. The number of nitrogens with zero attached hydrogens (tertiary/aromatic N) is 4. The zero-order chi connectivity index (χ0) is 35.4. The molecule has 0 radical (unpaired) electrons. The highest BCUT2D eigenvalue weighted by atomic mass is 35.5. The molecule has 2 aromatic carbocycles. The number of ether oxygens (including phenoxy) is 1. The monoisotopic (exact) mass is 712 g/mol. The first-order chi connectivity index (χ1) is 23.9. The number of hydrogen-bond donors (Lipinski definition) is 1. The van der Waals surface area contributed by atoms with Crippen molar-refractivity contribution in [2.24, 2.45) is 36.1 Å². The van der Waals surface area contributed by atoms with Crippen LogP contribution >= 0.6 is 22.9 Å². The molecule has 12 heteroatoms. The van der Waals surface area contributed by atoms with Gasteiger partial charge in [0.05, 0.1) is 35.2 Å². The van der Waals surface area contributed by atoms with Gasteiger partial charge in [-0.3, -0.25) is 28.8 Å². The molecule has 2 saturated heterocycles. The average molecular weight is 713 g/mol. The number of aromatic nitrogens is 2. The Labute approximate surface area is 298 Å². The lowest BCUT2D eigenvalue weighted by Gasteiger charge is -2.49. The number of aryl methyl sites for hydroxylation is 2. The fraction of sp³-hybridized carbons (Fsp3) is 0.395. The van der Waals surface area contributed by atoms with Crippen LogP contribution in [0.25, 0.3) is 20.7 Å². The van der Waals surface area contributed by atoms with Crippen LogP contribution in [0.1, 0.15) is 50.2 Å². The molecule has 0 spiro atoms. The van der Waals surface area contributed by atoms with Crippen LogP contribution in [0.4, 0.5) is 5.82 Å². The predicted octanol–water partition coefficient (Wildman–Crippen LogP) is 6.62. The van der Waals surface area contributed by atoms with Crippen molar-refractivity contribution in [1.29, 1.82) is 0 Å². The summed E-state index contributed by atoms with van der Waals surface area (Å²) in [6, 6.07) is 12.3. The number of carbonyl (C=O) groups excluding carboxylic acids is 4. The number of rotatable bonds is 6. The molecule has 4 heterocycles. The zero-order valence-corrected chi connectivity index (χ0v) is 30.0. The minimum atomic E-state index is -1.26. The Balaban J connectivity index is 1.26. The van der Waals surface area contributed by atoms with Gasteiger partial charge < -0.3 is 9.84 Å². The van der Waals surface area contributed by atoms with Crippen LogP contribution in [0, 0.1) is 36.0 Å². The molecule has 0 bridgehead atoms. The third-order valence-electron chi connectivity index (χ3n) is 11.6. The van der Waals surface area contributed by atoms with Crippen LogP contribution in [0.5, 0.6) is 11.5 Å². The van der Waals surface area contributed by atoms with E-state index in [-0.39, 0.29) is 35.8 Å². The van der Waals surface area contributed by atoms with E-state index in [1.165, 1.54) is 23.0 Å². The molecule has 4 aliphatic rings. The van der Waals surface area contributed by atoms with Crippen LogP contribution in [0.2, 0.25) is 5.02 Å². The third-order valence-corrected chi connectivity index (χ3v) is 13.1. The molecule has 6 unspecified atom stereocenters. The molecule has 258 valence electrons. The average Bonchev–Trinajstić information content (AvgIpc) is 3.76. The Kier molecular flexibility index (Phi) is 7.54. The van der Waals surface area contributed by atoms with E-state index in [2.05, 4.69) is 0 Å². The number of hydrogen-bond acceptors (Lipinski definition) is 8. The molecule has 4 aromatic rings. The number of fused-ring (bicyclic) bond motifs is 5. The molecule has 6 atom stereocenters. The van der Waals surface area contributed by atoms with Gasteiger partial charge in [0.1, 0.15) is 23.0 Å². The van der Waals surface area contributed by atoms with E-state index in [9.17, 15) is 19.5 Å². The van der Waals surface area contributed by atoms with Crippen LogP contribution in [-0.2, 0) is 26.2 Å². The second kappa shape index (κ2) is 11.5. The lowest BCUT2D eigenvalue weighted by molar-refractivity contribution is -0.140. The fourth-order valence-electron chi connectivity index (χ4n) is 9.24. The first-order valence-electron chi connectivity index (χ1n) is 16.9. The molecule has 50 heavy (non-hydrogen) atoms. The first kappa shape index (κ1) is 32.7. The van der Waals surface area contributed by atoms with Crippen molar-refractivity contribution in [3.63, 3.8) is 0 Å². The smallest absolute Gasteiger partial charge is 0.242 e. The maximum atomic E-state index is 15.0. The van der Waals surface area contributed by atoms with Gasteiger partial charge in [0.2, 0.25) is 23.6 Å². The fourth-order valence-corrected chi connectivity index (χ4v) is 10.6. The highest BCUT2D eigenvalue weighted by Gasteiger charge is 2.68. The molecule has 2 aromatic heterocycles. The number of phenols is 1. The minimum absolute atomic E-state index is 0.000735. The van der Waals surface area contributed by atoms with Crippen LogP contribution in [0.15, 0.2) is 54.1 Å². The van der Waals surface area contributed by atoms with Crippen molar-refractivity contribution in [2.75, 3.05) is 18.6 Å². The Bertz CT molecular complexity index is 2190. The van der Waals surface area contributed by atoms with Crippen LogP contribution < -0.4 is 9.64 Å². The molecule has 4 amide bonds. The lowest BCUT2D eigenvalue weighted by Crippen LogP contribution is -2.49. The van der Waals surface area contributed by atoms with E-state index in [0.717, 1.165) is 26.1 Å². The largest absolute Gasteiger partial charge is 0.508 e. The van der Waals surface area contributed by atoms with E-state index in [1.54, 1.807) is 41.3 Å². The summed E-state index contributed by atoms with van der Waals surface area (Å²) in [5, 5.41) is 16.8. The molecule has 10 nitrogen and oxygen atoms in total. The Hall–Kier alpha value is -4.48. The lowest BCUT2D eigenvalue weighted by atomic mass is 9.51. The highest BCUT2D eigenvalue weighted by Crippen LogP contribution is 2.64. The summed E-state index contributed by atoms with van der Waals surface area (Å²) >= 11 is 7.87. The molecule has 8 rings (SSSR count). The molecule has 1 N–H and O–H groups in total. The number of likely N-dealkylation sites (tertiary alicyclic amines) is 1. The quantitative estimate of drug-likeness (QED) is 0.176. The van der Waals surface area contributed by atoms with Crippen molar-refractivity contribution >= 4 is 62.5 Å². The van der Waals surface area contributed by atoms with Gasteiger partial charge in [-0.2, -0.15) is 5.10 Å². The van der Waals surface area contributed by atoms with Gasteiger partial charge in [-0.25, -0.2) is 4.90 Å². The standard InChI is InChI=1S/C38H37ClN4O6S/c1-6-13-42-34(45)23-11-10-21-25(31(23)36(42)47)16-26-35(46)43(37(48)38(26,3)32(21)22-9-8-20(44)15-28(22)49-5)30-17-27(40-41(30)4)33-18(2)24-14-19(39)7-12-29(24)50-33/h7-10,12,14-15,17,23,25-26,31-32,44H,6,11,13,16H2,1-5H3. The van der Waals surface area contributed by atoms with Crippen molar-refractivity contribution < 1.29 is 29.0 Å². The molecular formula is C38H37ClN4O6S. The van der Waals surface area contributed by atoms with E-state index < -0.39 is 35.0 Å². The molecule has 2 aliphatic heterocycles. The van der Waals surface area contributed by atoms with Gasteiger partial charge >= 0.3 is 0 Å². The Morgan fingerprint density at radius 1 is 1.06 bits per heavy atom. The zero-order valence-electron chi connectivity index (χ0n) is 28.4. The number of phenolic OH excluding ortho intramolecular Hbond substituents is 1. The van der Waals surface area contributed by atoms with Crippen molar-refractivity contribution in [1.82, 2.24) is 14.7 Å². The normalized spacial score (nSPS) is 27.6.